The van der Waals surface area contributed by atoms with E-state index in [-0.39, 0.29) is 31.1 Å². The van der Waals surface area contributed by atoms with Crippen LogP contribution in [0.15, 0.2) is 24.3 Å². The molecule has 0 aliphatic rings. The summed E-state index contributed by atoms with van der Waals surface area (Å²) in [4.78, 5) is 22.9. The molecule has 1 aromatic carbocycles. The van der Waals surface area contributed by atoms with E-state index in [0.717, 1.165) is 0 Å². The lowest BCUT2D eigenvalue weighted by Crippen LogP contribution is -2.39. The maximum absolute atomic E-state index is 11.6. The Morgan fingerprint density at radius 2 is 2.05 bits per heavy atom. The maximum atomic E-state index is 11.6. The largest absolute Gasteiger partial charge is 0.484 e. The molecule has 6 heteroatoms. The number of nitrogens with one attached hydrogen (secondary N) is 2. The van der Waals surface area contributed by atoms with E-state index >= 15 is 0 Å². The van der Waals surface area contributed by atoms with Crippen LogP contribution in [0.2, 0.25) is 0 Å². The number of rotatable bonds is 8. The first kappa shape index (κ1) is 17.0. The van der Waals surface area contributed by atoms with Crippen molar-refractivity contribution in [2.24, 2.45) is 0 Å². The minimum atomic E-state index is -0.293. The summed E-state index contributed by atoms with van der Waals surface area (Å²) in [6.07, 6.45) is 1.05. The number of aliphatic hydroxyl groups is 1. The van der Waals surface area contributed by atoms with E-state index in [2.05, 4.69) is 10.6 Å². The molecule has 21 heavy (non-hydrogen) atoms. The lowest BCUT2D eigenvalue weighted by Gasteiger charge is -2.14. The minimum absolute atomic E-state index is 0.0846. The van der Waals surface area contributed by atoms with Gasteiger partial charge in [0.05, 0.1) is 12.6 Å². The SMILES string of the molecule is CCC(=O)Nc1cccc(OCC(=O)NC(CC)CO)c1. The topological polar surface area (TPSA) is 87.7 Å². The Bertz CT molecular complexity index is 472. The highest BCUT2D eigenvalue weighted by atomic mass is 16.5. The van der Waals surface area contributed by atoms with E-state index in [1.807, 2.05) is 6.92 Å². The van der Waals surface area contributed by atoms with Gasteiger partial charge in [0.2, 0.25) is 5.91 Å². The Labute approximate surface area is 124 Å². The summed E-state index contributed by atoms with van der Waals surface area (Å²) >= 11 is 0. The molecule has 0 heterocycles. The van der Waals surface area contributed by atoms with Gasteiger partial charge in [-0.3, -0.25) is 9.59 Å². The molecule has 0 bridgehead atoms. The van der Waals surface area contributed by atoms with Crippen LogP contribution in [0.5, 0.6) is 5.75 Å². The summed E-state index contributed by atoms with van der Waals surface area (Å²) in [6.45, 7) is 3.41. The Kier molecular flexibility index (Phi) is 7.25. The van der Waals surface area contributed by atoms with Crippen molar-refractivity contribution >= 4 is 17.5 Å². The first-order valence-corrected chi connectivity index (χ1v) is 7.02. The molecule has 0 radical (unpaired) electrons. The lowest BCUT2D eigenvalue weighted by atomic mass is 10.2. The molecule has 1 aromatic rings. The van der Waals surface area contributed by atoms with E-state index in [1.54, 1.807) is 31.2 Å². The molecule has 1 unspecified atom stereocenters. The summed E-state index contributed by atoms with van der Waals surface area (Å²) in [5.41, 5.74) is 0.626. The third-order valence-corrected chi connectivity index (χ3v) is 2.89. The van der Waals surface area contributed by atoms with E-state index in [0.29, 0.717) is 24.3 Å². The molecule has 1 rings (SSSR count). The fourth-order valence-electron chi connectivity index (χ4n) is 1.61. The highest BCUT2D eigenvalue weighted by Crippen LogP contribution is 2.17. The zero-order valence-electron chi connectivity index (χ0n) is 12.4. The first-order chi connectivity index (χ1) is 10.1. The van der Waals surface area contributed by atoms with Gasteiger partial charge in [-0.25, -0.2) is 0 Å². The van der Waals surface area contributed by atoms with Crippen LogP contribution in [0.3, 0.4) is 0 Å². The number of hydrogen-bond acceptors (Lipinski definition) is 4. The summed E-state index contributed by atoms with van der Waals surface area (Å²) in [7, 11) is 0. The molecule has 0 spiro atoms. The van der Waals surface area contributed by atoms with Gasteiger partial charge in [-0.15, -0.1) is 0 Å². The number of carbonyl (C=O) groups is 2. The molecule has 0 fully saturated rings. The van der Waals surface area contributed by atoms with Crippen molar-refractivity contribution in [1.82, 2.24) is 5.32 Å². The molecule has 0 aliphatic heterocycles. The van der Waals surface area contributed by atoms with Crippen LogP contribution in [0, 0.1) is 0 Å². The Hall–Kier alpha value is -2.08. The maximum Gasteiger partial charge on any atom is 0.258 e. The van der Waals surface area contributed by atoms with Crippen molar-refractivity contribution in [3.05, 3.63) is 24.3 Å². The number of amides is 2. The highest BCUT2D eigenvalue weighted by molar-refractivity contribution is 5.90. The average molecular weight is 294 g/mol. The molecule has 0 aliphatic carbocycles. The summed E-state index contributed by atoms with van der Waals surface area (Å²) in [6, 6.07) is 6.60. The zero-order valence-corrected chi connectivity index (χ0v) is 12.4. The van der Waals surface area contributed by atoms with Gasteiger partial charge in [-0.1, -0.05) is 19.9 Å². The van der Waals surface area contributed by atoms with E-state index in [4.69, 9.17) is 9.84 Å². The quantitative estimate of drug-likeness (QED) is 0.674. The van der Waals surface area contributed by atoms with Crippen molar-refractivity contribution < 1.29 is 19.4 Å². The Morgan fingerprint density at radius 3 is 2.67 bits per heavy atom. The van der Waals surface area contributed by atoms with E-state index in [1.165, 1.54) is 0 Å². The van der Waals surface area contributed by atoms with Crippen molar-refractivity contribution in [1.29, 1.82) is 0 Å². The smallest absolute Gasteiger partial charge is 0.258 e. The van der Waals surface area contributed by atoms with Crippen LogP contribution in [0.4, 0.5) is 5.69 Å². The second-order valence-electron chi connectivity index (χ2n) is 4.57. The number of benzene rings is 1. The lowest BCUT2D eigenvalue weighted by molar-refractivity contribution is -0.124. The minimum Gasteiger partial charge on any atom is -0.484 e. The predicted octanol–water partition coefficient (Wildman–Crippen LogP) is 1.30. The first-order valence-electron chi connectivity index (χ1n) is 7.02. The highest BCUT2D eigenvalue weighted by Gasteiger charge is 2.09. The fraction of sp³-hybridized carbons (Fsp3) is 0.467. The van der Waals surface area contributed by atoms with Gasteiger partial charge in [0.25, 0.3) is 5.91 Å². The van der Waals surface area contributed by atoms with Gasteiger partial charge in [0.1, 0.15) is 5.75 Å². The van der Waals surface area contributed by atoms with Crippen LogP contribution in [0.1, 0.15) is 26.7 Å². The normalized spacial score (nSPS) is 11.6. The summed E-state index contributed by atoms with van der Waals surface area (Å²) in [5.74, 6) is 0.119. The number of anilines is 1. The monoisotopic (exact) mass is 294 g/mol. The molecular weight excluding hydrogens is 272 g/mol. The van der Waals surface area contributed by atoms with Gasteiger partial charge in [0, 0.05) is 18.2 Å². The zero-order chi connectivity index (χ0) is 15.7. The number of hydrogen-bond donors (Lipinski definition) is 3. The Balaban J connectivity index is 2.50. The molecule has 0 saturated carbocycles. The summed E-state index contributed by atoms with van der Waals surface area (Å²) in [5, 5.41) is 14.4. The average Bonchev–Trinajstić information content (AvgIpc) is 2.50. The van der Waals surface area contributed by atoms with Crippen molar-refractivity contribution in [2.45, 2.75) is 32.7 Å². The number of carbonyl (C=O) groups excluding carboxylic acids is 2. The van der Waals surface area contributed by atoms with Crippen molar-refractivity contribution in [3.8, 4) is 5.75 Å². The molecule has 6 nitrogen and oxygen atoms in total. The number of aliphatic hydroxyl groups excluding tert-OH is 1. The molecule has 1 atom stereocenters. The van der Waals surface area contributed by atoms with Gasteiger partial charge in [0.15, 0.2) is 6.61 Å². The fourth-order valence-corrected chi connectivity index (χ4v) is 1.61. The molecule has 116 valence electrons. The molecule has 0 aromatic heterocycles. The standard InChI is InChI=1S/C15H22N2O4/c1-3-11(9-18)16-15(20)10-21-13-7-5-6-12(8-13)17-14(19)4-2/h5-8,11,18H,3-4,9-10H2,1-2H3,(H,16,20)(H,17,19). The molecule has 2 amide bonds. The third kappa shape index (κ3) is 6.27. The Morgan fingerprint density at radius 1 is 1.29 bits per heavy atom. The van der Waals surface area contributed by atoms with Gasteiger partial charge < -0.3 is 20.5 Å². The van der Waals surface area contributed by atoms with Crippen LogP contribution in [-0.2, 0) is 9.59 Å². The van der Waals surface area contributed by atoms with E-state index in [9.17, 15) is 9.59 Å². The van der Waals surface area contributed by atoms with E-state index < -0.39 is 0 Å². The van der Waals surface area contributed by atoms with Crippen molar-refractivity contribution in [2.75, 3.05) is 18.5 Å². The van der Waals surface area contributed by atoms with Gasteiger partial charge in [-0.05, 0) is 18.6 Å². The van der Waals surface area contributed by atoms with Crippen LogP contribution in [-0.4, -0.2) is 36.2 Å². The molecule has 3 N–H and O–H groups in total. The molecular formula is C15H22N2O4. The van der Waals surface area contributed by atoms with Gasteiger partial charge in [-0.2, -0.15) is 0 Å². The number of ether oxygens (including phenoxy) is 1. The predicted molar refractivity (Wildman–Crippen MR) is 80.2 cm³/mol. The van der Waals surface area contributed by atoms with Crippen molar-refractivity contribution in [3.63, 3.8) is 0 Å². The van der Waals surface area contributed by atoms with Gasteiger partial charge >= 0.3 is 0 Å². The van der Waals surface area contributed by atoms with Crippen LogP contribution >= 0.6 is 0 Å². The second kappa shape index (κ2) is 8.97. The van der Waals surface area contributed by atoms with Crippen LogP contribution in [0.25, 0.3) is 0 Å². The second-order valence-corrected chi connectivity index (χ2v) is 4.57. The third-order valence-electron chi connectivity index (χ3n) is 2.89. The summed E-state index contributed by atoms with van der Waals surface area (Å²) < 4.78 is 5.37. The molecule has 0 saturated heterocycles. The van der Waals surface area contributed by atoms with Crippen LogP contribution < -0.4 is 15.4 Å².